The number of nitrogens with zero attached hydrogens (tertiary/aromatic N) is 3. The lowest BCUT2D eigenvalue weighted by Gasteiger charge is -2.34. The van der Waals surface area contributed by atoms with E-state index in [0.29, 0.717) is 11.9 Å². The Bertz CT molecular complexity index is 350. The third kappa shape index (κ3) is 3.32. The van der Waals surface area contributed by atoms with Gasteiger partial charge in [-0.05, 0) is 19.8 Å². The van der Waals surface area contributed by atoms with Crippen molar-refractivity contribution in [3.63, 3.8) is 0 Å². The van der Waals surface area contributed by atoms with Crippen LogP contribution < -0.4 is 4.90 Å². The van der Waals surface area contributed by atoms with Crippen LogP contribution in [0.3, 0.4) is 0 Å². The summed E-state index contributed by atoms with van der Waals surface area (Å²) in [6.07, 6.45) is 8.20. The largest absolute Gasteiger partial charge is 0.352 e. The summed E-state index contributed by atoms with van der Waals surface area (Å²) >= 11 is 5.92. The molecule has 2 rings (SSSR count). The zero-order chi connectivity index (χ0) is 12.1. The molecule has 1 aromatic heterocycles. The van der Waals surface area contributed by atoms with Gasteiger partial charge in [-0.3, -0.25) is 0 Å². The smallest absolute Gasteiger partial charge is 0.132 e. The average molecular weight is 254 g/mol. The molecule has 1 aromatic rings. The van der Waals surface area contributed by atoms with Gasteiger partial charge >= 0.3 is 0 Å². The highest BCUT2D eigenvalue weighted by Crippen LogP contribution is 2.26. The maximum absolute atomic E-state index is 5.92. The van der Waals surface area contributed by atoms with Crippen molar-refractivity contribution >= 4 is 17.4 Å². The maximum atomic E-state index is 5.92. The highest BCUT2D eigenvalue weighted by atomic mass is 35.5. The van der Waals surface area contributed by atoms with Crippen LogP contribution in [0.4, 0.5) is 5.82 Å². The van der Waals surface area contributed by atoms with Crippen molar-refractivity contribution in [2.45, 2.75) is 45.1 Å². The lowest BCUT2D eigenvalue weighted by Crippen LogP contribution is -2.38. The summed E-state index contributed by atoms with van der Waals surface area (Å²) < 4.78 is 0. The summed E-state index contributed by atoms with van der Waals surface area (Å²) in [5.74, 6) is 1.68. The number of anilines is 1. The lowest BCUT2D eigenvalue weighted by atomic mass is 9.94. The first-order valence-electron chi connectivity index (χ1n) is 6.42. The highest BCUT2D eigenvalue weighted by molar-refractivity contribution is 6.18. The van der Waals surface area contributed by atoms with E-state index in [1.807, 2.05) is 6.92 Å². The lowest BCUT2D eigenvalue weighted by molar-refractivity contribution is 0.416. The molecule has 17 heavy (non-hydrogen) atoms. The molecule has 0 amide bonds. The number of aryl methyl sites for hydroxylation is 1. The fourth-order valence-corrected chi connectivity index (χ4v) is 2.75. The van der Waals surface area contributed by atoms with E-state index >= 15 is 0 Å². The first kappa shape index (κ1) is 12.6. The van der Waals surface area contributed by atoms with E-state index in [2.05, 4.69) is 20.9 Å². The second-order valence-electron chi connectivity index (χ2n) is 4.69. The van der Waals surface area contributed by atoms with Crippen LogP contribution in [0.2, 0.25) is 0 Å². The first-order chi connectivity index (χ1) is 8.31. The molecule has 0 N–H and O–H groups in total. The third-order valence-electron chi connectivity index (χ3n) is 3.42. The SMILES string of the molecule is Cc1cc(N(CCCl)C2CCCCC2)ncn1. The molecule has 0 aromatic carbocycles. The Kier molecular flexibility index (Phi) is 4.60. The molecule has 0 aliphatic heterocycles. The van der Waals surface area contributed by atoms with Crippen LogP contribution in [-0.4, -0.2) is 28.4 Å². The Morgan fingerprint density at radius 2 is 2.06 bits per heavy atom. The molecular weight excluding hydrogens is 234 g/mol. The van der Waals surface area contributed by atoms with Crippen molar-refractivity contribution in [2.75, 3.05) is 17.3 Å². The minimum atomic E-state index is 0.608. The summed E-state index contributed by atoms with van der Waals surface area (Å²) in [6, 6.07) is 2.66. The average Bonchev–Trinajstić information content (AvgIpc) is 2.37. The third-order valence-corrected chi connectivity index (χ3v) is 3.59. The maximum Gasteiger partial charge on any atom is 0.132 e. The standard InChI is InChI=1S/C13H20ClN3/c1-11-9-13(16-10-15-11)17(8-7-14)12-5-3-2-4-6-12/h9-10,12H,2-8H2,1H3. The molecule has 4 heteroatoms. The molecule has 0 saturated heterocycles. The van der Waals surface area contributed by atoms with Crippen molar-refractivity contribution in [3.05, 3.63) is 18.1 Å². The van der Waals surface area contributed by atoms with Gasteiger partial charge in [-0.25, -0.2) is 9.97 Å². The number of hydrogen-bond acceptors (Lipinski definition) is 3. The number of aromatic nitrogens is 2. The van der Waals surface area contributed by atoms with Crippen molar-refractivity contribution < 1.29 is 0 Å². The molecule has 94 valence electrons. The van der Waals surface area contributed by atoms with E-state index < -0.39 is 0 Å². The monoisotopic (exact) mass is 253 g/mol. The van der Waals surface area contributed by atoms with E-state index in [-0.39, 0.29) is 0 Å². The van der Waals surface area contributed by atoms with Crippen molar-refractivity contribution in [1.82, 2.24) is 9.97 Å². The minimum Gasteiger partial charge on any atom is -0.352 e. The van der Waals surface area contributed by atoms with Crippen LogP contribution in [0.25, 0.3) is 0 Å². The molecule has 0 unspecified atom stereocenters. The van der Waals surface area contributed by atoms with Gasteiger partial charge in [0.2, 0.25) is 0 Å². The second-order valence-corrected chi connectivity index (χ2v) is 5.07. The van der Waals surface area contributed by atoms with Crippen LogP contribution in [0.5, 0.6) is 0 Å². The van der Waals surface area contributed by atoms with Gasteiger partial charge in [0.05, 0.1) is 0 Å². The normalized spacial score (nSPS) is 17.1. The van der Waals surface area contributed by atoms with E-state index in [9.17, 15) is 0 Å². The number of rotatable bonds is 4. The van der Waals surface area contributed by atoms with Gasteiger partial charge in [0, 0.05) is 30.2 Å². The zero-order valence-corrected chi connectivity index (χ0v) is 11.2. The highest BCUT2D eigenvalue weighted by Gasteiger charge is 2.21. The number of halogens is 1. The van der Waals surface area contributed by atoms with Gasteiger partial charge in [0.25, 0.3) is 0 Å². The van der Waals surface area contributed by atoms with Gasteiger partial charge in [0.15, 0.2) is 0 Å². The van der Waals surface area contributed by atoms with Gasteiger partial charge in [0.1, 0.15) is 12.1 Å². The zero-order valence-electron chi connectivity index (χ0n) is 10.4. The Labute approximate surface area is 108 Å². The van der Waals surface area contributed by atoms with Gasteiger partial charge in [-0.15, -0.1) is 11.6 Å². The molecule has 1 saturated carbocycles. The molecule has 0 spiro atoms. The fourth-order valence-electron chi connectivity index (χ4n) is 2.57. The van der Waals surface area contributed by atoms with E-state index in [0.717, 1.165) is 18.1 Å². The summed E-state index contributed by atoms with van der Waals surface area (Å²) in [7, 11) is 0. The molecule has 1 fully saturated rings. The fraction of sp³-hybridized carbons (Fsp3) is 0.692. The molecule has 0 atom stereocenters. The van der Waals surface area contributed by atoms with E-state index in [4.69, 9.17) is 11.6 Å². The minimum absolute atomic E-state index is 0.608. The van der Waals surface area contributed by atoms with Gasteiger partial charge in [-0.2, -0.15) is 0 Å². The van der Waals surface area contributed by atoms with Gasteiger partial charge in [-0.1, -0.05) is 19.3 Å². The van der Waals surface area contributed by atoms with Crippen molar-refractivity contribution in [1.29, 1.82) is 0 Å². The molecule has 1 aliphatic carbocycles. The molecule has 0 radical (unpaired) electrons. The predicted octanol–water partition coefficient (Wildman–Crippen LogP) is 3.16. The van der Waals surface area contributed by atoms with E-state index in [1.54, 1.807) is 6.33 Å². The molecular formula is C13H20ClN3. The number of hydrogen-bond donors (Lipinski definition) is 0. The van der Waals surface area contributed by atoms with Crippen LogP contribution in [0.15, 0.2) is 12.4 Å². The number of alkyl halides is 1. The summed E-state index contributed by atoms with van der Waals surface area (Å²) in [4.78, 5) is 10.9. The predicted molar refractivity (Wildman–Crippen MR) is 71.7 cm³/mol. The summed E-state index contributed by atoms with van der Waals surface area (Å²) in [5.41, 5.74) is 1.02. The second kappa shape index (κ2) is 6.20. The van der Waals surface area contributed by atoms with Crippen LogP contribution >= 0.6 is 11.6 Å². The Morgan fingerprint density at radius 3 is 2.71 bits per heavy atom. The molecule has 1 heterocycles. The van der Waals surface area contributed by atoms with Gasteiger partial charge < -0.3 is 4.90 Å². The molecule has 1 aliphatic rings. The summed E-state index contributed by atoms with van der Waals surface area (Å²) in [6.45, 7) is 2.88. The topological polar surface area (TPSA) is 29.0 Å². The first-order valence-corrected chi connectivity index (χ1v) is 6.96. The van der Waals surface area contributed by atoms with E-state index in [1.165, 1.54) is 32.1 Å². The Balaban J connectivity index is 2.15. The van der Waals surface area contributed by atoms with Crippen LogP contribution in [0.1, 0.15) is 37.8 Å². The molecule has 0 bridgehead atoms. The summed E-state index contributed by atoms with van der Waals surface area (Å²) in [5, 5.41) is 0. The quantitative estimate of drug-likeness (QED) is 0.772. The van der Waals surface area contributed by atoms with Crippen molar-refractivity contribution in [2.24, 2.45) is 0 Å². The Morgan fingerprint density at radius 1 is 1.29 bits per heavy atom. The molecule has 3 nitrogen and oxygen atoms in total. The van der Waals surface area contributed by atoms with Crippen LogP contribution in [-0.2, 0) is 0 Å². The van der Waals surface area contributed by atoms with Crippen LogP contribution in [0, 0.1) is 6.92 Å². The van der Waals surface area contributed by atoms with Crippen molar-refractivity contribution in [3.8, 4) is 0 Å². The Hall–Kier alpha value is -0.830.